The third-order valence-corrected chi connectivity index (χ3v) is 7.10. The summed E-state index contributed by atoms with van der Waals surface area (Å²) in [5.41, 5.74) is 0.321. The molecule has 0 saturated heterocycles. The number of anilines is 1. The number of aromatic amines is 1. The number of hydrogen-bond acceptors (Lipinski definition) is 5. The zero-order valence-corrected chi connectivity index (χ0v) is 23.3. The first-order chi connectivity index (χ1) is 16.6. The number of ether oxygens (including phenoxy) is 1. The van der Waals surface area contributed by atoms with Gasteiger partial charge in [-0.25, -0.2) is 4.52 Å². The number of nitrogens with zero attached hydrogens (tertiary/aromatic N) is 3. The van der Waals surface area contributed by atoms with E-state index < -0.39 is 17.1 Å². The zero-order valence-electron chi connectivity index (χ0n) is 22.5. The Balaban J connectivity index is 1.88. The van der Waals surface area contributed by atoms with Crippen molar-refractivity contribution in [3.63, 3.8) is 0 Å². The van der Waals surface area contributed by atoms with Crippen LogP contribution in [0.4, 0.5) is 5.69 Å². The minimum absolute atomic E-state index is 0.206. The number of carbonyl (C=O) groups excluding carboxylic acids is 2. The van der Waals surface area contributed by atoms with Crippen LogP contribution in [0, 0.1) is 0 Å². The predicted octanol–water partition coefficient (Wildman–Crippen LogP) is 5.00. The molecule has 2 amide bonds. The molecule has 10 heteroatoms. The van der Waals surface area contributed by atoms with Gasteiger partial charge >= 0.3 is 0 Å². The highest BCUT2D eigenvalue weighted by molar-refractivity contribution is 6.34. The molecule has 0 aliphatic heterocycles. The molecule has 3 rings (SSSR count). The average Bonchev–Trinajstić information content (AvgIpc) is 3.32. The fourth-order valence-corrected chi connectivity index (χ4v) is 4.32. The minimum Gasteiger partial charge on any atom is -0.478 e. The van der Waals surface area contributed by atoms with Crippen molar-refractivity contribution in [2.24, 2.45) is 0 Å². The second kappa shape index (κ2) is 9.76. The lowest BCUT2D eigenvalue weighted by molar-refractivity contribution is -0.130. The number of benzene rings is 1. The summed E-state index contributed by atoms with van der Waals surface area (Å²) in [5.74, 6) is 0.589. The first-order valence-electron chi connectivity index (χ1n) is 12.1. The van der Waals surface area contributed by atoms with E-state index in [1.165, 1.54) is 6.92 Å². The lowest BCUT2D eigenvalue weighted by atomic mass is 9.73. The summed E-state index contributed by atoms with van der Waals surface area (Å²) in [6.45, 7) is 17.4. The van der Waals surface area contributed by atoms with Crippen molar-refractivity contribution >= 4 is 34.7 Å². The van der Waals surface area contributed by atoms with E-state index in [-0.39, 0.29) is 17.2 Å². The van der Waals surface area contributed by atoms with Gasteiger partial charge in [-0.15, -0.1) is 10.2 Å². The van der Waals surface area contributed by atoms with E-state index in [2.05, 4.69) is 46.7 Å². The summed E-state index contributed by atoms with van der Waals surface area (Å²) in [6, 6.07) is 7.05. The Kier molecular flexibility index (Phi) is 7.46. The van der Waals surface area contributed by atoms with Gasteiger partial charge in [-0.3, -0.25) is 14.7 Å². The Hall–Kier alpha value is -3.07. The van der Waals surface area contributed by atoms with E-state index in [1.54, 1.807) is 28.8 Å². The second-order valence-corrected chi connectivity index (χ2v) is 11.5. The number of amides is 2. The number of fused-ring (bicyclic) bond motifs is 1. The van der Waals surface area contributed by atoms with Crippen LogP contribution in [0.2, 0.25) is 5.02 Å². The maximum Gasteiger partial charge on any atom is 0.261 e. The van der Waals surface area contributed by atoms with Crippen molar-refractivity contribution < 1.29 is 14.3 Å². The summed E-state index contributed by atoms with van der Waals surface area (Å²) in [4.78, 5) is 25.0. The van der Waals surface area contributed by atoms with E-state index in [0.29, 0.717) is 34.4 Å². The van der Waals surface area contributed by atoms with Crippen molar-refractivity contribution in [1.29, 1.82) is 0 Å². The first-order valence-corrected chi connectivity index (χ1v) is 12.5. The number of aromatic nitrogens is 4. The van der Waals surface area contributed by atoms with Crippen LogP contribution in [0.3, 0.4) is 0 Å². The summed E-state index contributed by atoms with van der Waals surface area (Å²) in [7, 11) is 0. The number of nitrogens with one attached hydrogen (secondary N) is 3. The molecule has 1 atom stereocenters. The quantitative estimate of drug-likeness (QED) is 0.390. The lowest BCUT2D eigenvalue weighted by Crippen LogP contribution is -2.59. The molecule has 9 nitrogen and oxygen atoms in total. The van der Waals surface area contributed by atoms with Crippen molar-refractivity contribution in [1.82, 2.24) is 25.1 Å². The standard InChI is InChI=1S/C26H37ClN6O3/c1-10-17(36-18-14-12-11-13-16(18)28-15(2)34)22(35)29-26(8,9)25(6,7)23-31-30-21-19(27)20(24(3,4)5)32-33(21)23/h11-14,17,32H,10H2,1-9H3,(H,28,34)(H,29,35). The van der Waals surface area contributed by atoms with Gasteiger partial charge in [0, 0.05) is 23.3 Å². The highest BCUT2D eigenvalue weighted by Crippen LogP contribution is 2.37. The van der Waals surface area contributed by atoms with E-state index in [1.807, 2.05) is 34.6 Å². The number of rotatable bonds is 8. The Morgan fingerprint density at radius 3 is 2.33 bits per heavy atom. The molecule has 3 N–H and O–H groups in total. The average molecular weight is 517 g/mol. The van der Waals surface area contributed by atoms with E-state index in [9.17, 15) is 9.59 Å². The van der Waals surface area contributed by atoms with Gasteiger partial charge in [-0.1, -0.05) is 65.3 Å². The highest BCUT2D eigenvalue weighted by atomic mass is 35.5. The summed E-state index contributed by atoms with van der Waals surface area (Å²) < 4.78 is 7.85. The molecule has 0 aliphatic carbocycles. The third-order valence-electron chi connectivity index (χ3n) is 6.74. The molecule has 0 radical (unpaired) electrons. The fraction of sp³-hybridized carbons (Fsp3) is 0.538. The van der Waals surface area contributed by atoms with Crippen LogP contribution in [0.15, 0.2) is 24.3 Å². The van der Waals surface area contributed by atoms with Gasteiger partial charge in [0.1, 0.15) is 10.8 Å². The number of carbonyl (C=O) groups is 2. The van der Waals surface area contributed by atoms with Crippen LogP contribution in [-0.2, 0) is 20.4 Å². The molecule has 2 heterocycles. The van der Waals surface area contributed by atoms with Crippen molar-refractivity contribution in [3.05, 3.63) is 40.8 Å². The van der Waals surface area contributed by atoms with Gasteiger partial charge in [0.25, 0.3) is 5.91 Å². The van der Waals surface area contributed by atoms with E-state index >= 15 is 0 Å². The van der Waals surface area contributed by atoms with Crippen molar-refractivity contribution in [2.75, 3.05) is 5.32 Å². The third kappa shape index (κ3) is 5.21. The predicted molar refractivity (Wildman–Crippen MR) is 142 cm³/mol. The monoisotopic (exact) mass is 516 g/mol. The molecule has 0 bridgehead atoms. The molecule has 3 aromatic rings. The van der Waals surface area contributed by atoms with E-state index in [4.69, 9.17) is 16.3 Å². The molecule has 0 aliphatic rings. The van der Waals surface area contributed by atoms with Crippen LogP contribution in [0.25, 0.3) is 5.65 Å². The van der Waals surface area contributed by atoms with Gasteiger partial charge in [0.2, 0.25) is 5.91 Å². The molecule has 2 aromatic heterocycles. The fourth-order valence-electron chi connectivity index (χ4n) is 3.87. The number of halogens is 1. The molecule has 0 saturated carbocycles. The molecule has 1 aromatic carbocycles. The van der Waals surface area contributed by atoms with Gasteiger partial charge < -0.3 is 15.4 Å². The molecule has 196 valence electrons. The minimum atomic E-state index is -0.763. The van der Waals surface area contributed by atoms with Crippen LogP contribution in [0.5, 0.6) is 5.75 Å². The molecular formula is C26H37ClN6O3. The largest absolute Gasteiger partial charge is 0.478 e. The number of hydrogen-bond donors (Lipinski definition) is 3. The Morgan fingerprint density at radius 2 is 1.75 bits per heavy atom. The smallest absolute Gasteiger partial charge is 0.261 e. The van der Waals surface area contributed by atoms with Gasteiger partial charge in [-0.2, -0.15) is 0 Å². The SMILES string of the molecule is CCC(Oc1ccccc1NC(C)=O)C(=O)NC(C)(C)C(C)(C)c1nnc2c(Cl)c(C(C)(C)C)[nH]n12. The van der Waals surface area contributed by atoms with Gasteiger partial charge in [-0.05, 0) is 32.4 Å². The number of H-pyrrole nitrogens is 1. The van der Waals surface area contributed by atoms with Crippen LogP contribution in [0.1, 0.15) is 80.3 Å². The summed E-state index contributed by atoms with van der Waals surface area (Å²) in [5, 5.41) is 18.6. The lowest BCUT2D eigenvalue weighted by Gasteiger charge is -2.41. The van der Waals surface area contributed by atoms with Crippen molar-refractivity contribution in [2.45, 2.75) is 91.2 Å². The second-order valence-electron chi connectivity index (χ2n) is 11.2. The molecule has 0 spiro atoms. The molecule has 1 unspecified atom stereocenters. The van der Waals surface area contributed by atoms with Crippen molar-refractivity contribution in [3.8, 4) is 5.75 Å². The zero-order chi connectivity index (χ0) is 27.1. The maximum absolute atomic E-state index is 13.4. The first kappa shape index (κ1) is 27.5. The molecule has 36 heavy (non-hydrogen) atoms. The Bertz CT molecular complexity index is 1270. The molecular weight excluding hydrogens is 480 g/mol. The summed E-state index contributed by atoms with van der Waals surface area (Å²) in [6.07, 6.45) is -0.326. The summed E-state index contributed by atoms with van der Waals surface area (Å²) >= 11 is 6.62. The highest BCUT2D eigenvalue weighted by Gasteiger charge is 2.45. The topological polar surface area (TPSA) is 113 Å². The Labute approximate surface area is 217 Å². The molecule has 0 fully saturated rings. The Morgan fingerprint density at radius 1 is 1.11 bits per heavy atom. The van der Waals surface area contributed by atoms with E-state index in [0.717, 1.165) is 5.69 Å². The van der Waals surface area contributed by atoms with Crippen LogP contribution >= 0.6 is 11.6 Å². The van der Waals surface area contributed by atoms with Gasteiger partial charge in [0.15, 0.2) is 17.6 Å². The maximum atomic E-state index is 13.4. The van der Waals surface area contributed by atoms with Gasteiger partial charge in [0.05, 0.1) is 11.4 Å². The van der Waals surface area contributed by atoms with Crippen LogP contribution < -0.4 is 15.4 Å². The normalized spacial score (nSPS) is 13.5. The van der Waals surface area contributed by atoms with Crippen LogP contribution in [-0.4, -0.2) is 43.3 Å². The number of para-hydroxylation sites is 2.